The maximum absolute atomic E-state index is 12.8. The predicted octanol–water partition coefficient (Wildman–Crippen LogP) is 2.61. The van der Waals surface area contributed by atoms with Crippen molar-refractivity contribution in [2.45, 2.75) is 24.3 Å². The zero-order valence-corrected chi connectivity index (χ0v) is 14.9. The number of ether oxygens (including phenoxy) is 1. The quantitative estimate of drug-likeness (QED) is 0.737. The molecule has 0 saturated carbocycles. The Balaban J connectivity index is 1.61. The van der Waals surface area contributed by atoms with Crippen molar-refractivity contribution < 1.29 is 17.7 Å². The van der Waals surface area contributed by atoms with Gasteiger partial charge >= 0.3 is 0 Å². The number of nitrogens with one attached hydrogen (secondary N) is 1. The van der Waals surface area contributed by atoms with E-state index in [0.29, 0.717) is 30.2 Å². The van der Waals surface area contributed by atoms with Crippen molar-refractivity contribution in [3.8, 4) is 11.3 Å². The lowest BCUT2D eigenvalue weighted by atomic mass is 10.2. The highest BCUT2D eigenvalue weighted by Crippen LogP contribution is 2.27. The molecule has 1 atom stereocenters. The van der Waals surface area contributed by atoms with Gasteiger partial charge < -0.3 is 9.26 Å². The minimum Gasteiger partial charge on any atom is -0.379 e. The van der Waals surface area contributed by atoms with E-state index in [0.717, 1.165) is 12.1 Å². The van der Waals surface area contributed by atoms with E-state index >= 15 is 0 Å². The van der Waals surface area contributed by atoms with Gasteiger partial charge in [-0.25, -0.2) is 8.42 Å². The molecule has 1 N–H and O–H groups in total. The van der Waals surface area contributed by atoms with Crippen LogP contribution in [0.1, 0.15) is 18.2 Å². The van der Waals surface area contributed by atoms with Crippen LogP contribution in [0.15, 0.2) is 52.1 Å². The maximum atomic E-state index is 12.8. The third kappa shape index (κ3) is 3.11. The molecule has 0 amide bonds. The number of benzene rings is 1. The smallest absolute Gasteiger partial charge is 0.262 e. The molecular formula is C17H18N4O4S. The van der Waals surface area contributed by atoms with Crippen LogP contribution in [0.5, 0.6) is 0 Å². The van der Waals surface area contributed by atoms with Gasteiger partial charge in [-0.05, 0) is 25.5 Å². The first-order valence-electron chi connectivity index (χ1n) is 8.20. The molecule has 1 aliphatic heterocycles. The number of aromatic nitrogens is 3. The Kier molecular flexibility index (Phi) is 4.25. The van der Waals surface area contributed by atoms with Crippen molar-refractivity contribution in [2.75, 3.05) is 17.9 Å². The Bertz CT molecular complexity index is 1010. The summed E-state index contributed by atoms with van der Waals surface area (Å²) in [6.07, 6.45) is 3.92. The van der Waals surface area contributed by atoms with Crippen LogP contribution in [0.3, 0.4) is 0 Å². The van der Waals surface area contributed by atoms with E-state index in [2.05, 4.69) is 15.0 Å². The summed E-state index contributed by atoms with van der Waals surface area (Å²) in [5.74, 6) is 0.507. The van der Waals surface area contributed by atoms with Gasteiger partial charge in [-0.3, -0.25) is 9.40 Å². The van der Waals surface area contributed by atoms with Crippen molar-refractivity contribution in [1.29, 1.82) is 0 Å². The standard InChI is InChI=1S/C17H18N4O4S/c1-12-16(10-18-21(12)14-6-8-24-11-14)20-26(22,23)15-4-2-3-13(9-15)17-5-7-19-25-17/h2-5,7,9-10,14,20H,6,8,11H2,1H3. The van der Waals surface area contributed by atoms with E-state index in [1.807, 2.05) is 11.6 Å². The average Bonchev–Trinajstić information content (AvgIpc) is 3.38. The molecule has 0 bridgehead atoms. The Morgan fingerprint density at radius 1 is 1.31 bits per heavy atom. The highest BCUT2D eigenvalue weighted by atomic mass is 32.2. The lowest BCUT2D eigenvalue weighted by molar-refractivity contribution is 0.184. The van der Waals surface area contributed by atoms with Gasteiger partial charge in [0.1, 0.15) is 0 Å². The molecule has 0 aliphatic carbocycles. The highest BCUT2D eigenvalue weighted by Gasteiger charge is 2.23. The van der Waals surface area contributed by atoms with Crippen LogP contribution < -0.4 is 4.72 Å². The highest BCUT2D eigenvalue weighted by molar-refractivity contribution is 7.92. The van der Waals surface area contributed by atoms with Crippen molar-refractivity contribution in [2.24, 2.45) is 0 Å². The van der Waals surface area contributed by atoms with E-state index in [1.165, 1.54) is 18.5 Å². The van der Waals surface area contributed by atoms with E-state index in [9.17, 15) is 8.42 Å². The van der Waals surface area contributed by atoms with Gasteiger partial charge in [0.15, 0.2) is 5.76 Å². The molecule has 2 aromatic heterocycles. The summed E-state index contributed by atoms with van der Waals surface area (Å²) in [5.41, 5.74) is 1.86. The van der Waals surface area contributed by atoms with Crippen LogP contribution in [0.2, 0.25) is 0 Å². The zero-order chi connectivity index (χ0) is 18.1. The fourth-order valence-corrected chi connectivity index (χ4v) is 4.14. The molecule has 0 spiro atoms. The number of sulfonamides is 1. The van der Waals surface area contributed by atoms with Gasteiger partial charge in [-0.1, -0.05) is 17.3 Å². The van der Waals surface area contributed by atoms with Gasteiger partial charge in [-0.15, -0.1) is 0 Å². The molecule has 1 aromatic carbocycles. The van der Waals surface area contributed by atoms with Gasteiger partial charge in [-0.2, -0.15) is 5.10 Å². The second-order valence-electron chi connectivity index (χ2n) is 6.12. The summed E-state index contributed by atoms with van der Waals surface area (Å²) in [6.45, 7) is 3.13. The van der Waals surface area contributed by atoms with Crippen molar-refractivity contribution in [3.05, 3.63) is 48.4 Å². The topological polar surface area (TPSA) is 99.3 Å². The van der Waals surface area contributed by atoms with Gasteiger partial charge in [0, 0.05) is 18.2 Å². The molecule has 1 unspecified atom stereocenters. The molecule has 1 saturated heterocycles. The van der Waals surface area contributed by atoms with Crippen molar-refractivity contribution in [1.82, 2.24) is 14.9 Å². The van der Waals surface area contributed by atoms with E-state index in [4.69, 9.17) is 9.26 Å². The molecule has 0 radical (unpaired) electrons. The number of anilines is 1. The molecule has 8 nitrogen and oxygen atoms in total. The average molecular weight is 374 g/mol. The van der Waals surface area contributed by atoms with Crippen molar-refractivity contribution in [3.63, 3.8) is 0 Å². The summed E-state index contributed by atoms with van der Waals surface area (Å²) >= 11 is 0. The number of hydrogen-bond donors (Lipinski definition) is 1. The molecule has 4 rings (SSSR count). The van der Waals surface area contributed by atoms with Crippen molar-refractivity contribution >= 4 is 15.7 Å². The second kappa shape index (κ2) is 6.58. The molecule has 3 aromatic rings. The summed E-state index contributed by atoms with van der Waals surface area (Å²) in [4.78, 5) is 0.141. The van der Waals surface area contributed by atoms with Gasteiger partial charge in [0.2, 0.25) is 0 Å². The summed E-state index contributed by atoms with van der Waals surface area (Å²) < 4.78 is 40.5. The minimum atomic E-state index is -3.76. The third-order valence-electron chi connectivity index (χ3n) is 4.41. The normalized spacial score (nSPS) is 17.5. The Morgan fingerprint density at radius 2 is 2.19 bits per heavy atom. The van der Waals surface area contributed by atoms with Crippen LogP contribution in [0.4, 0.5) is 5.69 Å². The molecule has 1 aliphatic rings. The predicted molar refractivity (Wildman–Crippen MR) is 94.2 cm³/mol. The first-order valence-corrected chi connectivity index (χ1v) is 9.69. The fourth-order valence-electron chi connectivity index (χ4n) is 2.99. The summed E-state index contributed by atoms with van der Waals surface area (Å²) in [5, 5.41) is 7.97. The third-order valence-corrected chi connectivity index (χ3v) is 5.77. The van der Waals surface area contributed by atoms with Crippen LogP contribution in [-0.2, 0) is 14.8 Å². The van der Waals surface area contributed by atoms with E-state index in [-0.39, 0.29) is 10.9 Å². The number of hydrogen-bond acceptors (Lipinski definition) is 6. The van der Waals surface area contributed by atoms with Crippen LogP contribution in [0, 0.1) is 6.92 Å². The van der Waals surface area contributed by atoms with Crippen LogP contribution in [-0.4, -0.2) is 36.6 Å². The lowest BCUT2D eigenvalue weighted by Gasteiger charge is -2.12. The Labute approximate surface area is 150 Å². The molecule has 3 heterocycles. The first kappa shape index (κ1) is 16.8. The summed E-state index contributed by atoms with van der Waals surface area (Å²) in [6, 6.07) is 8.33. The Morgan fingerprint density at radius 3 is 2.92 bits per heavy atom. The zero-order valence-electron chi connectivity index (χ0n) is 14.1. The SMILES string of the molecule is Cc1c(NS(=O)(=O)c2cccc(-c3ccno3)c2)cnn1C1CCOC1. The van der Waals surface area contributed by atoms with E-state index < -0.39 is 10.0 Å². The largest absolute Gasteiger partial charge is 0.379 e. The molecular weight excluding hydrogens is 356 g/mol. The summed E-state index contributed by atoms with van der Waals surface area (Å²) in [7, 11) is -3.76. The lowest BCUT2D eigenvalue weighted by Crippen LogP contribution is -2.15. The van der Waals surface area contributed by atoms with Gasteiger partial charge in [0.25, 0.3) is 10.0 Å². The number of rotatable bonds is 5. The minimum absolute atomic E-state index is 0.141. The molecule has 26 heavy (non-hydrogen) atoms. The maximum Gasteiger partial charge on any atom is 0.262 e. The first-order chi connectivity index (χ1) is 12.5. The monoisotopic (exact) mass is 374 g/mol. The molecule has 1 fully saturated rings. The number of nitrogens with zero attached hydrogens (tertiary/aromatic N) is 3. The van der Waals surface area contributed by atoms with Gasteiger partial charge in [0.05, 0.1) is 41.3 Å². The second-order valence-corrected chi connectivity index (χ2v) is 7.80. The van der Waals surface area contributed by atoms with Crippen LogP contribution >= 0.6 is 0 Å². The fraction of sp³-hybridized carbons (Fsp3) is 0.294. The molecule has 136 valence electrons. The molecule has 9 heteroatoms. The van der Waals surface area contributed by atoms with Crippen LogP contribution in [0.25, 0.3) is 11.3 Å². The van der Waals surface area contributed by atoms with E-state index in [1.54, 1.807) is 24.3 Å². The Hall–Kier alpha value is -2.65.